The third-order valence-corrected chi connectivity index (χ3v) is 11.0. The molecule has 0 spiro atoms. The van der Waals surface area contributed by atoms with E-state index in [-0.39, 0.29) is 47.3 Å². The number of nitrogens with one attached hydrogen (secondary N) is 4. The lowest BCUT2D eigenvalue weighted by atomic mass is 9.81. The number of carbonyl (C=O) groups excluding carboxylic acids is 3. The molecule has 3 amide bonds. The number of carbonyl (C=O) groups is 3. The third-order valence-electron chi connectivity index (χ3n) is 11.0. The Labute approximate surface area is 309 Å². The molecule has 0 bridgehead atoms. The van der Waals surface area contributed by atoms with Gasteiger partial charge in [-0.1, -0.05) is 30.3 Å². The van der Waals surface area contributed by atoms with Gasteiger partial charge in [-0.15, -0.1) is 10.2 Å². The summed E-state index contributed by atoms with van der Waals surface area (Å²) in [5.41, 5.74) is 10.7. The number of rotatable bonds is 12. The largest absolute Gasteiger partial charge is 0.349 e. The van der Waals surface area contributed by atoms with E-state index in [9.17, 15) is 18.8 Å². The number of tetrazole rings is 1. The summed E-state index contributed by atoms with van der Waals surface area (Å²) < 4.78 is 14.9. The second-order valence-electron chi connectivity index (χ2n) is 14.8. The summed E-state index contributed by atoms with van der Waals surface area (Å²) >= 11 is 0. The van der Waals surface area contributed by atoms with E-state index in [2.05, 4.69) is 55.6 Å². The molecule has 6 rings (SSSR count). The molecule has 3 aromatic carbocycles. The zero-order valence-electron chi connectivity index (χ0n) is 30.7. The van der Waals surface area contributed by atoms with Crippen LogP contribution in [0.25, 0.3) is 22.5 Å². The van der Waals surface area contributed by atoms with Crippen LogP contribution in [0.15, 0.2) is 60.7 Å². The number of amides is 3. The first-order valence-electron chi connectivity index (χ1n) is 18.6. The Hall–Kier alpha value is -5.01. The number of halogens is 1. The van der Waals surface area contributed by atoms with Crippen LogP contribution in [0, 0.1) is 24.6 Å². The summed E-state index contributed by atoms with van der Waals surface area (Å²) in [6.07, 6.45) is 7.54. The van der Waals surface area contributed by atoms with Gasteiger partial charge in [0.1, 0.15) is 11.9 Å². The fourth-order valence-electron chi connectivity index (χ4n) is 7.63. The van der Waals surface area contributed by atoms with Gasteiger partial charge >= 0.3 is 0 Å². The molecule has 0 aliphatic heterocycles. The van der Waals surface area contributed by atoms with Crippen LogP contribution in [0.3, 0.4) is 0 Å². The Morgan fingerprint density at radius 2 is 1.64 bits per heavy atom. The van der Waals surface area contributed by atoms with Crippen molar-refractivity contribution in [3.05, 3.63) is 83.2 Å². The Kier molecular flexibility index (Phi) is 12.3. The van der Waals surface area contributed by atoms with E-state index in [1.807, 2.05) is 49.4 Å². The maximum Gasteiger partial charge on any atom is 0.251 e. The number of benzene rings is 3. The normalized spacial score (nSPS) is 20.8. The molecule has 280 valence electrons. The smallest absolute Gasteiger partial charge is 0.251 e. The standard InChI is InChI=1S/C40H50FN9O3/c1-24-20-29(39(52)43-30-13-16-32(17-14-30)50(2)3)12-18-33(24)27-8-4-25(5-9-27)21-36(45-38(51)28-10-6-26(23-42)7-11-28)40(53)44-31-15-19-34(35(41)22-31)37-46-48-49-47-37/h4-5,8-9,12,15,18-20,22,26,28,30,32,36H,6-7,10-11,13-14,16-17,21,23,42H2,1-3H3,(H,43,52)(H,44,53)(H,45,51)(H,46,47,48,49)/t26-,28-,30?,32?,36?. The minimum Gasteiger partial charge on any atom is -0.349 e. The molecule has 0 saturated heterocycles. The molecular formula is C40H50FN9O3. The molecule has 12 nitrogen and oxygen atoms in total. The molecule has 0 radical (unpaired) electrons. The number of nitrogens with zero attached hydrogens (tertiary/aromatic N) is 4. The molecule has 1 atom stereocenters. The van der Waals surface area contributed by atoms with Crippen molar-refractivity contribution in [2.24, 2.45) is 17.6 Å². The number of H-pyrrole nitrogens is 1. The van der Waals surface area contributed by atoms with E-state index < -0.39 is 17.8 Å². The molecule has 6 N–H and O–H groups in total. The van der Waals surface area contributed by atoms with Crippen molar-refractivity contribution < 1.29 is 18.8 Å². The number of hydrogen-bond donors (Lipinski definition) is 5. The zero-order chi connectivity index (χ0) is 37.5. The number of aromatic nitrogens is 4. The molecule has 13 heteroatoms. The van der Waals surface area contributed by atoms with Gasteiger partial charge in [0.05, 0.1) is 5.56 Å². The summed E-state index contributed by atoms with van der Waals surface area (Å²) in [5, 5.41) is 22.4. The molecular weight excluding hydrogens is 673 g/mol. The molecule has 4 aromatic rings. The maximum atomic E-state index is 14.9. The van der Waals surface area contributed by atoms with Gasteiger partial charge in [0.15, 0.2) is 0 Å². The predicted octanol–water partition coefficient (Wildman–Crippen LogP) is 5.01. The molecule has 2 aliphatic rings. The van der Waals surface area contributed by atoms with Gasteiger partial charge in [-0.3, -0.25) is 14.4 Å². The third kappa shape index (κ3) is 9.51. The van der Waals surface area contributed by atoms with Crippen LogP contribution in [-0.2, 0) is 16.0 Å². The van der Waals surface area contributed by atoms with Crippen molar-refractivity contribution in [3.63, 3.8) is 0 Å². The van der Waals surface area contributed by atoms with Crippen LogP contribution >= 0.6 is 0 Å². The Morgan fingerprint density at radius 3 is 2.26 bits per heavy atom. The fourth-order valence-corrected chi connectivity index (χ4v) is 7.63. The minimum absolute atomic E-state index is 0.0484. The molecule has 1 unspecified atom stereocenters. The van der Waals surface area contributed by atoms with E-state index in [1.54, 1.807) is 6.07 Å². The van der Waals surface area contributed by atoms with Gasteiger partial charge in [0, 0.05) is 35.7 Å². The molecule has 2 saturated carbocycles. The van der Waals surface area contributed by atoms with Crippen LogP contribution in [0.2, 0.25) is 0 Å². The second-order valence-corrected chi connectivity index (χ2v) is 14.8. The first-order valence-corrected chi connectivity index (χ1v) is 18.6. The Bertz CT molecular complexity index is 1870. The summed E-state index contributed by atoms with van der Waals surface area (Å²) in [4.78, 5) is 42.5. The average molecular weight is 724 g/mol. The highest BCUT2D eigenvalue weighted by atomic mass is 19.1. The number of nitrogens with two attached hydrogens (primary N) is 1. The summed E-state index contributed by atoms with van der Waals surface area (Å²) in [6.45, 7) is 2.60. The van der Waals surface area contributed by atoms with Crippen molar-refractivity contribution in [1.29, 1.82) is 0 Å². The van der Waals surface area contributed by atoms with E-state index in [0.717, 1.165) is 73.6 Å². The minimum atomic E-state index is -0.905. The van der Waals surface area contributed by atoms with Crippen LogP contribution in [0.5, 0.6) is 0 Å². The number of hydrogen-bond acceptors (Lipinski definition) is 8. The van der Waals surface area contributed by atoms with Crippen molar-refractivity contribution in [3.8, 4) is 22.5 Å². The molecule has 1 aromatic heterocycles. The quantitative estimate of drug-likeness (QED) is 0.136. The lowest BCUT2D eigenvalue weighted by Crippen LogP contribution is -2.48. The summed E-state index contributed by atoms with van der Waals surface area (Å²) in [6, 6.07) is 17.7. The van der Waals surface area contributed by atoms with Gasteiger partial charge < -0.3 is 26.6 Å². The van der Waals surface area contributed by atoms with Crippen LogP contribution in [0.4, 0.5) is 10.1 Å². The van der Waals surface area contributed by atoms with Crippen molar-refractivity contribution in [1.82, 2.24) is 36.2 Å². The van der Waals surface area contributed by atoms with E-state index in [0.29, 0.717) is 24.1 Å². The van der Waals surface area contributed by atoms with Gasteiger partial charge in [0.25, 0.3) is 5.91 Å². The van der Waals surface area contributed by atoms with Crippen molar-refractivity contribution >= 4 is 23.4 Å². The topological polar surface area (TPSA) is 171 Å². The lowest BCUT2D eigenvalue weighted by Gasteiger charge is -2.33. The average Bonchev–Trinajstić information content (AvgIpc) is 3.70. The monoisotopic (exact) mass is 723 g/mol. The molecule has 53 heavy (non-hydrogen) atoms. The van der Waals surface area contributed by atoms with Crippen molar-refractivity contribution in [2.75, 3.05) is 26.0 Å². The fraction of sp³-hybridized carbons (Fsp3) is 0.450. The van der Waals surface area contributed by atoms with Crippen LogP contribution in [-0.4, -0.2) is 82.0 Å². The first-order chi connectivity index (χ1) is 25.6. The van der Waals surface area contributed by atoms with Gasteiger partial charge in [-0.2, -0.15) is 5.21 Å². The first kappa shape index (κ1) is 37.7. The molecule has 1 heterocycles. The van der Waals surface area contributed by atoms with Gasteiger partial charge in [-0.25, -0.2) is 4.39 Å². The van der Waals surface area contributed by atoms with E-state index in [4.69, 9.17) is 5.73 Å². The Balaban J connectivity index is 1.13. The zero-order valence-corrected chi connectivity index (χ0v) is 30.7. The van der Waals surface area contributed by atoms with E-state index in [1.165, 1.54) is 12.1 Å². The SMILES string of the molecule is Cc1cc(C(=O)NC2CCC(N(C)C)CC2)ccc1-c1ccc(CC(NC(=O)[C@H]2CC[C@H](CN)CC2)C(=O)Nc2ccc(-c3nn[nH]n3)c(F)c2)cc1. The second kappa shape index (κ2) is 17.2. The lowest BCUT2D eigenvalue weighted by molar-refractivity contribution is -0.130. The highest BCUT2D eigenvalue weighted by molar-refractivity contribution is 5.98. The Morgan fingerprint density at radius 1 is 0.925 bits per heavy atom. The highest BCUT2D eigenvalue weighted by Crippen LogP contribution is 2.30. The number of anilines is 1. The maximum absolute atomic E-state index is 14.9. The van der Waals surface area contributed by atoms with Crippen LogP contribution in [0.1, 0.15) is 72.9 Å². The predicted molar refractivity (Wildman–Crippen MR) is 202 cm³/mol. The van der Waals surface area contributed by atoms with Gasteiger partial charge in [-0.05, 0) is 143 Å². The number of aryl methyl sites for hydroxylation is 1. The summed E-state index contributed by atoms with van der Waals surface area (Å²) in [7, 11) is 4.22. The molecule has 2 fully saturated rings. The van der Waals surface area contributed by atoms with Gasteiger partial charge in [0.2, 0.25) is 17.6 Å². The van der Waals surface area contributed by atoms with E-state index >= 15 is 0 Å². The van der Waals surface area contributed by atoms with Crippen LogP contribution < -0.4 is 21.7 Å². The van der Waals surface area contributed by atoms with Crippen molar-refractivity contribution in [2.45, 2.75) is 82.8 Å². The number of aromatic amines is 1. The highest BCUT2D eigenvalue weighted by Gasteiger charge is 2.30. The molecule has 2 aliphatic carbocycles. The summed E-state index contributed by atoms with van der Waals surface area (Å²) in [5.74, 6) is -0.984.